The summed E-state index contributed by atoms with van der Waals surface area (Å²) in [7, 11) is 3.25. The standard InChI is InChI=1S/C14H18ClNO3.C7H7F3.C2H6O/c1-3-11(12(4-2)14(18)19)13(17)16-10-7-5-6-9(15)8-10;1-2-3-4-5-6-7(8,9)10;1-3-2/h5-7,9H,3-4,8H2,1-2H3,(H,16,17)(H,18,19);2-6H,1H2;1-2H3/b12-11-;4-3-,6-5+;. The zero-order valence-corrected chi connectivity index (χ0v) is 19.5. The number of allylic oxidation sites excluding steroid dienone is 9. The summed E-state index contributed by atoms with van der Waals surface area (Å²) in [5, 5.41) is 11.7. The number of alkyl halides is 4. The number of rotatable bonds is 7. The Hall–Kier alpha value is -2.58. The van der Waals surface area contributed by atoms with E-state index in [1.165, 1.54) is 18.2 Å². The molecule has 0 aromatic carbocycles. The van der Waals surface area contributed by atoms with Crippen LogP contribution in [0.25, 0.3) is 0 Å². The minimum absolute atomic E-state index is 0.139. The van der Waals surface area contributed by atoms with E-state index in [0.29, 0.717) is 30.5 Å². The van der Waals surface area contributed by atoms with Crippen LogP contribution in [0.3, 0.4) is 0 Å². The Labute approximate surface area is 192 Å². The number of carbonyl (C=O) groups excluding carboxylic acids is 1. The fourth-order valence-corrected chi connectivity index (χ4v) is 2.51. The second kappa shape index (κ2) is 18.0. The normalized spacial score (nSPS) is 16.2. The minimum Gasteiger partial charge on any atom is -0.478 e. The monoisotopic (exact) mass is 477 g/mol. The van der Waals surface area contributed by atoms with Crippen molar-refractivity contribution in [1.82, 2.24) is 5.32 Å². The van der Waals surface area contributed by atoms with Gasteiger partial charge in [0.05, 0.1) is 5.38 Å². The number of aliphatic carboxylic acids is 1. The summed E-state index contributed by atoms with van der Waals surface area (Å²) in [5.74, 6) is -1.39. The van der Waals surface area contributed by atoms with E-state index in [1.807, 2.05) is 6.08 Å². The average Bonchev–Trinajstić information content (AvgIpc) is 2.69. The lowest BCUT2D eigenvalue weighted by Crippen LogP contribution is -2.28. The molecule has 180 valence electrons. The molecule has 1 aliphatic rings. The second-order valence-corrected chi connectivity index (χ2v) is 6.71. The number of nitrogens with one attached hydrogen (secondary N) is 1. The highest BCUT2D eigenvalue weighted by Crippen LogP contribution is 2.18. The number of carboxylic acid groups (broad SMARTS) is 1. The Morgan fingerprint density at radius 2 is 1.78 bits per heavy atom. The molecule has 1 aliphatic carbocycles. The van der Waals surface area contributed by atoms with Gasteiger partial charge in [0.1, 0.15) is 0 Å². The summed E-state index contributed by atoms with van der Waals surface area (Å²) in [6.07, 6.45) is 7.58. The lowest BCUT2D eigenvalue weighted by Gasteiger charge is -2.16. The summed E-state index contributed by atoms with van der Waals surface area (Å²) in [6, 6.07) is 0. The van der Waals surface area contributed by atoms with Gasteiger partial charge >= 0.3 is 12.1 Å². The molecule has 0 spiro atoms. The molecular formula is C23H31ClF3NO4. The maximum atomic E-state index is 12.1. The van der Waals surface area contributed by atoms with Crippen LogP contribution in [0, 0.1) is 0 Å². The second-order valence-electron chi connectivity index (χ2n) is 6.15. The van der Waals surface area contributed by atoms with Gasteiger partial charge in [0.25, 0.3) is 5.91 Å². The fraction of sp³-hybridized carbons (Fsp3) is 0.391. The highest BCUT2D eigenvalue weighted by molar-refractivity contribution is 6.22. The third kappa shape index (κ3) is 16.2. The van der Waals surface area contributed by atoms with Gasteiger partial charge in [-0.25, -0.2) is 4.79 Å². The highest BCUT2D eigenvalue weighted by atomic mass is 35.5. The molecule has 0 bridgehead atoms. The van der Waals surface area contributed by atoms with E-state index in [4.69, 9.17) is 16.7 Å². The van der Waals surface area contributed by atoms with Crippen LogP contribution >= 0.6 is 11.6 Å². The average molecular weight is 478 g/mol. The van der Waals surface area contributed by atoms with Crippen molar-refractivity contribution in [2.24, 2.45) is 0 Å². The SMILES string of the molecule is C=C/C=C\C=C\C(F)(F)F.CC/C(C(=O)O)=C(\CC)C(=O)NC1=CC=CC(Cl)C1.COC. The Balaban J connectivity index is 0. The molecule has 0 fully saturated rings. The van der Waals surface area contributed by atoms with Crippen LogP contribution in [0.5, 0.6) is 0 Å². The van der Waals surface area contributed by atoms with Gasteiger partial charge in [-0.15, -0.1) is 11.6 Å². The van der Waals surface area contributed by atoms with Gasteiger partial charge in [0.2, 0.25) is 0 Å². The first kappa shape index (κ1) is 31.6. The minimum atomic E-state index is -4.22. The molecule has 0 aromatic rings. The van der Waals surface area contributed by atoms with E-state index in [0.717, 1.165) is 6.08 Å². The van der Waals surface area contributed by atoms with Crippen molar-refractivity contribution in [2.75, 3.05) is 14.2 Å². The fourth-order valence-electron chi connectivity index (χ4n) is 2.26. The van der Waals surface area contributed by atoms with Crippen molar-refractivity contribution in [2.45, 2.75) is 44.7 Å². The van der Waals surface area contributed by atoms with E-state index in [-0.39, 0.29) is 22.9 Å². The third-order valence-corrected chi connectivity index (χ3v) is 3.85. The van der Waals surface area contributed by atoms with Gasteiger partial charge in [-0.1, -0.05) is 56.9 Å². The highest BCUT2D eigenvalue weighted by Gasteiger charge is 2.21. The van der Waals surface area contributed by atoms with E-state index in [9.17, 15) is 22.8 Å². The molecule has 0 radical (unpaired) electrons. The Morgan fingerprint density at radius 1 is 1.22 bits per heavy atom. The smallest absolute Gasteiger partial charge is 0.409 e. The molecule has 0 aromatic heterocycles. The van der Waals surface area contributed by atoms with Crippen molar-refractivity contribution in [1.29, 1.82) is 0 Å². The van der Waals surface area contributed by atoms with Crippen LogP contribution in [0.15, 0.2) is 72.0 Å². The van der Waals surface area contributed by atoms with E-state index in [2.05, 4.69) is 16.6 Å². The lowest BCUT2D eigenvalue weighted by molar-refractivity contribution is -0.133. The molecule has 0 saturated carbocycles. The molecule has 9 heteroatoms. The Kier molecular flexibility index (Phi) is 17.8. The zero-order chi connectivity index (χ0) is 25.2. The molecule has 1 amide bonds. The zero-order valence-electron chi connectivity index (χ0n) is 18.7. The number of ether oxygens (including phenoxy) is 1. The Bertz CT molecular complexity index is 751. The quantitative estimate of drug-likeness (QED) is 0.273. The van der Waals surface area contributed by atoms with E-state index < -0.39 is 12.1 Å². The van der Waals surface area contributed by atoms with Crippen molar-refractivity contribution >= 4 is 23.5 Å². The molecule has 1 rings (SSSR count). The van der Waals surface area contributed by atoms with Crippen LogP contribution in [0.2, 0.25) is 0 Å². The molecule has 0 aliphatic heterocycles. The third-order valence-electron chi connectivity index (χ3n) is 3.55. The molecule has 1 atom stereocenters. The number of carboxylic acids is 1. The van der Waals surface area contributed by atoms with Crippen molar-refractivity contribution in [3.63, 3.8) is 0 Å². The van der Waals surface area contributed by atoms with E-state index >= 15 is 0 Å². The predicted molar refractivity (Wildman–Crippen MR) is 122 cm³/mol. The van der Waals surface area contributed by atoms with Crippen molar-refractivity contribution in [3.8, 4) is 0 Å². The van der Waals surface area contributed by atoms with Gasteiger partial charge < -0.3 is 15.2 Å². The number of halogens is 4. The van der Waals surface area contributed by atoms with Crippen LogP contribution in [-0.2, 0) is 14.3 Å². The molecular weight excluding hydrogens is 447 g/mol. The molecule has 32 heavy (non-hydrogen) atoms. The molecule has 1 unspecified atom stereocenters. The Morgan fingerprint density at radius 3 is 2.19 bits per heavy atom. The molecule has 2 N–H and O–H groups in total. The number of hydrogen-bond donors (Lipinski definition) is 2. The summed E-state index contributed by atoms with van der Waals surface area (Å²) in [6.45, 7) is 6.79. The van der Waals surface area contributed by atoms with Gasteiger partial charge in [-0.2, -0.15) is 13.2 Å². The molecule has 0 saturated heterocycles. The summed E-state index contributed by atoms with van der Waals surface area (Å²) in [4.78, 5) is 23.2. The topological polar surface area (TPSA) is 75.6 Å². The first-order chi connectivity index (χ1) is 15.0. The first-order valence-electron chi connectivity index (χ1n) is 9.69. The van der Waals surface area contributed by atoms with Crippen LogP contribution in [-0.4, -0.2) is 42.8 Å². The predicted octanol–water partition coefficient (Wildman–Crippen LogP) is 5.86. The summed E-state index contributed by atoms with van der Waals surface area (Å²) < 4.78 is 38.3. The number of carbonyl (C=O) groups is 2. The van der Waals surface area contributed by atoms with Crippen LogP contribution in [0.1, 0.15) is 33.1 Å². The molecule has 0 heterocycles. The van der Waals surface area contributed by atoms with Gasteiger partial charge in [0, 0.05) is 43.6 Å². The summed E-state index contributed by atoms with van der Waals surface area (Å²) in [5.41, 5.74) is 1.19. The van der Waals surface area contributed by atoms with Crippen molar-refractivity contribution < 1.29 is 32.6 Å². The van der Waals surface area contributed by atoms with Gasteiger partial charge in [0.15, 0.2) is 0 Å². The number of hydrogen-bond acceptors (Lipinski definition) is 3. The molecule has 5 nitrogen and oxygen atoms in total. The van der Waals surface area contributed by atoms with E-state index in [1.54, 1.807) is 40.2 Å². The first-order valence-corrected chi connectivity index (χ1v) is 10.1. The maximum absolute atomic E-state index is 12.1. The van der Waals surface area contributed by atoms with Crippen LogP contribution in [0.4, 0.5) is 13.2 Å². The lowest BCUT2D eigenvalue weighted by atomic mass is 10.0. The van der Waals surface area contributed by atoms with Gasteiger partial charge in [-0.3, -0.25) is 4.79 Å². The van der Waals surface area contributed by atoms with Gasteiger partial charge in [-0.05, 0) is 18.9 Å². The van der Waals surface area contributed by atoms with Crippen LogP contribution < -0.4 is 5.32 Å². The number of amides is 1. The maximum Gasteiger partial charge on any atom is 0.409 e. The summed E-state index contributed by atoms with van der Waals surface area (Å²) >= 11 is 5.96. The number of methoxy groups -OCH3 is 1. The largest absolute Gasteiger partial charge is 0.478 e. The van der Waals surface area contributed by atoms with Crippen molar-refractivity contribution in [3.05, 3.63) is 72.0 Å².